The van der Waals surface area contributed by atoms with Crippen molar-refractivity contribution in [2.24, 2.45) is 5.92 Å². The first-order valence-corrected chi connectivity index (χ1v) is 7.14. The van der Waals surface area contributed by atoms with Crippen LogP contribution >= 0.6 is 0 Å². The summed E-state index contributed by atoms with van der Waals surface area (Å²) in [5.41, 5.74) is 0.570. The summed E-state index contributed by atoms with van der Waals surface area (Å²) in [5.74, 6) is 0.918. The number of pyridine rings is 1. The molecule has 6 heteroatoms. The third-order valence-corrected chi connectivity index (χ3v) is 3.85. The highest BCUT2D eigenvalue weighted by atomic mass is 16.5. The standard InChI is InChI=1S/C15H21N3O3/c1-16-13(19)9-11-5-7-18(8-6-11)15(20)12-3-4-14(21-2)17-10-12/h3-4,10-11H,5-9H2,1-2H3,(H,16,19). The summed E-state index contributed by atoms with van der Waals surface area (Å²) in [5, 5.41) is 2.64. The number of nitrogens with one attached hydrogen (secondary N) is 1. The van der Waals surface area contributed by atoms with Gasteiger partial charge in [-0.2, -0.15) is 0 Å². The molecule has 0 saturated carbocycles. The van der Waals surface area contributed by atoms with Gasteiger partial charge in [0.15, 0.2) is 0 Å². The minimum absolute atomic E-state index is 0.0106. The molecule has 0 aliphatic carbocycles. The summed E-state index contributed by atoms with van der Waals surface area (Å²) in [6.45, 7) is 1.37. The van der Waals surface area contributed by atoms with Gasteiger partial charge < -0.3 is 15.0 Å². The Morgan fingerprint density at radius 2 is 2.10 bits per heavy atom. The van der Waals surface area contributed by atoms with Gasteiger partial charge in [-0.05, 0) is 24.8 Å². The van der Waals surface area contributed by atoms with Gasteiger partial charge in [0.05, 0.1) is 12.7 Å². The quantitative estimate of drug-likeness (QED) is 0.901. The highest BCUT2D eigenvalue weighted by Crippen LogP contribution is 2.22. The molecule has 0 unspecified atom stereocenters. The number of nitrogens with zero attached hydrogens (tertiary/aromatic N) is 2. The molecule has 2 heterocycles. The van der Waals surface area contributed by atoms with Crippen molar-refractivity contribution in [1.29, 1.82) is 0 Å². The lowest BCUT2D eigenvalue weighted by atomic mass is 9.93. The van der Waals surface area contributed by atoms with Crippen LogP contribution in [0.15, 0.2) is 18.3 Å². The Labute approximate surface area is 124 Å². The van der Waals surface area contributed by atoms with Gasteiger partial charge in [0.1, 0.15) is 0 Å². The normalized spacial score (nSPS) is 15.6. The largest absolute Gasteiger partial charge is 0.481 e. The third kappa shape index (κ3) is 3.93. The number of ether oxygens (including phenoxy) is 1. The number of hydrogen-bond acceptors (Lipinski definition) is 4. The monoisotopic (exact) mass is 291 g/mol. The number of methoxy groups -OCH3 is 1. The summed E-state index contributed by atoms with van der Waals surface area (Å²) in [6.07, 6.45) is 3.81. The van der Waals surface area contributed by atoms with Crippen molar-refractivity contribution in [1.82, 2.24) is 15.2 Å². The van der Waals surface area contributed by atoms with Gasteiger partial charge in [0.2, 0.25) is 11.8 Å². The molecule has 0 bridgehead atoms. The van der Waals surface area contributed by atoms with Crippen LogP contribution in [0.3, 0.4) is 0 Å². The van der Waals surface area contributed by atoms with Crippen molar-refractivity contribution in [3.63, 3.8) is 0 Å². The summed E-state index contributed by atoms with van der Waals surface area (Å²) in [7, 11) is 3.19. The Morgan fingerprint density at radius 3 is 2.62 bits per heavy atom. The topological polar surface area (TPSA) is 71.5 Å². The average molecular weight is 291 g/mol. The van der Waals surface area contributed by atoms with E-state index in [1.54, 1.807) is 26.3 Å². The van der Waals surface area contributed by atoms with Crippen molar-refractivity contribution in [3.8, 4) is 5.88 Å². The fraction of sp³-hybridized carbons (Fsp3) is 0.533. The van der Waals surface area contributed by atoms with Gasteiger partial charge in [-0.3, -0.25) is 9.59 Å². The molecule has 1 aliphatic rings. The molecule has 1 aliphatic heterocycles. The average Bonchev–Trinajstić information content (AvgIpc) is 2.55. The Balaban J connectivity index is 1.89. The Morgan fingerprint density at radius 1 is 1.38 bits per heavy atom. The minimum Gasteiger partial charge on any atom is -0.481 e. The zero-order chi connectivity index (χ0) is 15.2. The molecule has 1 N–H and O–H groups in total. The van der Waals surface area contributed by atoms with Crippen LogP contribution in [0.5, 0.6) is 5.88 Å². The van der Waals surface area contributed by atoms with E-state index >= 15 is 0 Å². The van der Waals surface area contributed by atoms with E-state index in [2.05, 4.69) is 10.3 Å². The van der Waals surface area contributed by atoms with Crippen LogP contribution in [-0.4, -0.2) is 48.9 Å². The number of piperidine rings is 1. The lowest BCUT2D eigenvalue weighted by molar-refractivity contribution is -0.121. The van der Waals surface area contributed by atoms with Crippen LogP contribution in [0.1, 0.15) is 29.6 Å². The van der Waals surface area contributed by atoms with E-state index in [4.69, 9.17) is 4.74 Å². The van der Waals surface area contributed by atoms with Gasteiger partial charge in [0, 0.05) is 38.8 Å². The molecule has 114 valence electrons. The summed E-state index contributed by atoms with van der Waals surface area (Å²) in [6, 6.07) is 3.41. The number of likely N-dealkylation sites (tertiary alicyclic amines) is 1. The maximum Gasteiger partial charge on any atom is 0.255 e. The van der Waals surface area contributed by atoms with E-state index in [1.165, 1.54) is 6.20 Å². The maximum absolute atomic E-state index is 12.4. The second-order valence-corrected chi connectivity index (χ2v) is 5.20. The van der Waals surface area contributed by atoms with Crippen LogP contribution in [-0.2, 0) is 4.79 Å². The van der Waals surface area contributed by atoms with Gasteiger partial charge >= 0.3 is 0 Å². The molecular formula is C15H21N3O3. The van der Waals surface area contributed by atoms with Gasteiger partial charge in [0.25, 0.3) is 5.91 Å². The van der Waals surface area contributed by atoms with E-state index < -0.39 is 0 Å². The second kappa shape index (κ2) is 7.06. The van der Waals surface area contributed by atoms with Crippen LogP contribution < -0.4 is 10.1 Å². The van der Waals surface area contributed by atoms with Gasteiger partial charge in [-0.15, -0.1) is 0 Å². The first-order valence-electron chi connectivity index (χ1n) is 7.14. The first-order chi connectivity index (χ1) is 10.1. The van der Waals surface area contributed by atoms with Crippen LogP contribution in [0.2, 0.25) is 0 Å². The van der Waals surface area contributed by atoms with Crippen molar-refractivity contribution >= 4 is 11.8 Å². The molecule has 2 amide bonds. The van der Waals surface area contributed by atoms with Crippen molar-refractivity contribution in [2.75, 3.05) is 27.2 Å². The number of rotatable bonds is 4. The molecule has 1 fully saturated rings. The number of amides is 2. The number of carbonyl (C=O) groups excluding carboxylic acids is 2. The predicted molar refractivity (Wildman–Crippen MR) is 78.1 cm³/mol. The van der Waals surface area contributed by atoms with Gasteiger partial charge in [-0.1, -0.05) is 0 Å². The van der Waals surface area contributed by atoms with E-state index in [0.29, 0.717) is 36.9 Å². The van der Waals surface area contributed by atoms with Gasteiger partial charge in [-0.25, -0.2) is 4.98 Å². The third-order valence-electron chi connectivity index (χ3n) is 3.85. The second-order valence-electron chi connectivity index (χ2n) is 5.20. The van der Waals surface area contributed by atoms with E-state index in [9.17, 15) is 9.59 Å². The lowest BCUT2D eigenvalue weighted by Gasteiger charge is -2.31. The van der Waals surface area contributed by atoms with Crippen LogP contribution in [0.4, 0.5) is 0 Å². The molecule has 1 aromatic heterocycles. The van der Waals surface area contributed by atoms with Crippen molar-refractivity contribution in [3.05, 3.63) is 23.9 Å². The minimum atomic E-state index is -0.0106. The number of carbonyl (C=O) groups is 2. The molecule has 6 nitrogen and oxygen atoms in total. The van der Waals surface area contributed by atoms with Crippen LogP contribution in [0, 0.1) is 5.92 Å². The fourth-order valence-corrected chi connectivity index (χ4v) is 2.51. The Bertz CT molecular complexity index is 493. The maximum atomic E-state index is 12.4. The SMILES string of the molecule is CNC(=O)CC1CCN(C(=O)c2ccc(OC)nc2)CC1. The van der Waals surface area contributed by atoms with Crippen LogP contribution in [0.25, 0.3) is 0 Å². The lowest BCUT2D eigenvalue weighted by Crippen LogP contribution is -2.39. The fourth-order valence-electron chi connectivity index (χ4n) is 2.51. The van der Waals surface area contributed by atoms with E-state index in [0.717, 1.165) is 12.8 Å². The van der Waals surface area contributed by atoms with E-state index in [1.807, 2.05) is 4.90 Å². The summed E-state index contributed by atoms with van der Waals surface area (Å²) >= 11 is 0. The molecule has 21 heavy (non-hydrogen) atoms. The highest BCUT2D eigenvalue weighted by molar-refractivity contribution is 5.94. The zero-order valence-electron chi connectivity index (χ0n) is 12.5. The Kier molecular flexibility index (Phi) is 5.14. The molecule has 0 spiro atoms. The number of aromatic nitrogens is 1. The molecule has 0 aromatic carbocycles. The molecule has 2 rings (SSSR count). The predicted octanol–water partition coefficient (Wildman–Crippen LogP) is 1.08. The molecule has 1 saturated heterocycles. The molecule has 0 atom stereocenters. The highest BCUT2D eigenvalue weighted by Gasteiger charge is 2.25. The van der Waals surface area contributed by atoms with E-state index in [-0.39, 0.29) is 11.8 Å². The number of hydrogen-bond donors (Lipinski definition) is 1. The molecular weight excluding hydrogens is 270 g/mol. The Hall–Kier alpha value is -2.11. The molecule has 1 aromatic rings. The summed E-state index contributed by atoms with van der Waals surface area (Å²) in [4.78, 5) is 29.6. The van der Waals surface area contributed by atoms with Crippen molar-refractivity contribution < 1.29 is 14.3 Å². The molecule has 0 radical (unpaired) electrons. The smallest absolute Gasteiger partial charge is 0.255 e. The zero-order valence-corrected chi connectivity index (χ0v) is 12.5. The first kappa shape index (κ1) is 15.3. The van der Waals surface area contributed by atoms with Crippen molar-refractivity contribution in [2.45, 2.75) is 19.3 Å². The summed E-state index contributed by atoms with van der Waals surface area (Å²) < 4.78 is 4.98.